The van der Waals surface area contributed by atoms with Crippen molar-refractivity contribution in [2.45, 2.75) is 19.9 Å². The van der Waals surface area contributed by atoms with Crippen molar-refractivity contribution in [3.63, 3.8) is 0 Å². The summed E-state index contributed by atoms with van der Waals surface area (Å²) in [6.07, 6.45) is 1.65. The van der Waals surface area contributed by atoms with E-state index in [4.69, 9.17) is 0 Å². The molecule has 3 heterocycles. The average Bonchev–Trinajstić information content (AvgIpc) is 3.26. The van der Waals surface area contributed by atoms with Crippen molar-refractivity contribution in [1.29, 1.82) is 0 Å². The third-order valence-corrected chi connectivity index (χ3v) is 5.87. The van der Waals surface area contributed by atoms with Crippen LogP contribution in [-0.4, -0.2) is 50.8 Å². The lowest BCUT2D eigenvalue weighted by molar-refractivity contribution is -0.130. The van der Waals surface area contributed by atoms with Gasteiger partial charge in [0, 0.05) is 45.4 Å². The van der Waals surface area contributed by atoms with Gasteiger partial charge in [0.2, 0.25) is 5.91 Å². The fourth-order valence-electron chi connectivity index (χ4n) is 4.66. The average molecular weight is 370 g/mol. The van der Waals surface area contributed by atoms with Gasteiger partial charge in [0.1, 0.15) is 11.5 Å². The minimum absolute atomic E-state index is 0.0148. The maximum absolute atomic E-state index is 13.8. The van der Waals surface area contributed by atoms with E-state index in [9.17, 15) is 14.0 Å². The van der Waals surface area contributed by atoms with Crippen molar-refractivity contribution in [3.05, 3.63) is 53.4 Å². The molecule has 2 aromatic rings. The molecule has 0 bridgehead atoms. The molecule has 0 saturated carbocycles. The van der Waals surface area contributed by atoms with Crippen LogP contribution >= 0.6 is 0 Å². The van der Waals surface area contributed by atoms with E-state index in [2.05, 4.69) is 4.98 Å². The Hall–Kier alpha value is -2.70. The summed E-state index contributed by atoms with van der Waals surface area (Å²) in [5.41, 5.74) is 2.11. The summed E-state index contributed by atoms with van der Waals surface area (Å²) < 4.78 is 15.5. The highest BCUT2D eigenvalue weighted by atomic mass is 19.1. The van der Waals surface area contributed by atoms with E-state index in [0.717, 1.165) is 5.56 Å². The number of aryl methyl sites for hydroxylation is 2. The summed E-state index contributed by atoms with van der Waals surface area (Å²) in [6, 6.07) is 6.24. The Kier molecular flexibility index (Phi) is 4.25. The Morgan fingerprint density at radius 1 is 1.22 bits per heavy atom. The molecule has 2 aliphatic rings. The summed E-state index contributed by atoms with van der Waals surface area (Å²) in [6.45, 7) is 5.13. The van der Waals surface area contributed by atoms with E-state index < -0.39 is 0 Å². The molecule has 1 aromatic heterocycles. The van der Waals surface area contributed by atoms with E-state index in [1.54, 1.807) is 23.9 Å². The molecule has 0 aliphatic carbocycles. The molecule has 27 heavy (non-hydrogen) atoms. The Bertz CT molecular complexity index is 890. The molecule has 142 valence electrons. The Morgan fingerprint density at radius 3 is 2.63 bits per heavy atom. The first-order valence-corrected chi connectivity index (χ1v) is 9.16. The second kappa shape index (κ2) is 6.48. The van der Waals surface area contributed by atoms with Gasteiger partial charge in [0.25, 0.3) is 5.91 Å². The molecule has 0 spiro atoms. The number of carbonyl (C=O) groups excluding carboxylic acids is 2. The molecule has 2 amide bonds. The normalized spacial score (nSPS) is 24.4. The van der Waals surface area contributed by atoms with Crippen molar-refractivity contribution >= 4 is 11.8 Å². The van der Waals surface area contributed by atoms with E-state index >= 15 is 0 Å². The van der Waals surface area contributed by atoms with E-state index in [1.165, 1.54) is 12.1 Å². The highest BCUT2D eigenvalue weighted by molar-refractivity contribution is 5.94. The number of halogens is 1. The van der Waals surface area contributed by atoms with Gasteiger partial charge in [-0.05, 0) is 24.6 Å². The Morgan fingerprint density at radius 2 is 2.00 bits per heavy atom. The molecule has 1 aromatic carbocycles. The zero-order valence-electron chi connectivity index (χ0n) is 15.7. The molecule has 6 nitrogen and oxygen atoms in total. The largest absolute Gasteiger partial charge is 0.337 e. The molecule has 2 fully saturated rings. The minimum Gasteiger partial charge on any atom is -0.337 e. The van der Waals surface area contributed by atoms with Crippen LogP contribution in [0.25, 0.3) is 0 Å². The van der Waals surface area contributed by atoms with E-state index in [1.807, 2.05) is 29.8 Å². The standard InChI is InChI=1S/C20H23FN4O2/c1-12-18(23(3)11-22-12)20(27)24-8-15-9-25(13(2)26)19(17(15)10-24)14-5-4-6-16(21)7-14/h4-7,11,15,17,19H,8-10H2,1-3H3/t15-,17-,19+/m1/s1. The summed E-state index contributed by atoms with van der Waals surface area (Å²) >= 11 is 0. The lowest BCUT2D eigenvalue weighted by Crippen LogP contribution is -2.37. The predicted octanol–water partition coefficient (Wildman–Crippen LogP) is 2.16. The molecule has 2 saturated heterocycles. The first kappa shape index (κ1) is 17.7. The fraction of sp³-hybridized carbons (Fsp3) is 0.450. The Labute approximate surface area is 157 Å². The molecule has 2 aliphatic heterocycles. The zero-order valence-corrected chi connectivity index (χ0v) is 15.7. The number of carbonyl (C=O) groups is 2. The number of nitrogens with zero attached hydrogens (tertiary/aromatic N) is 4. The summed E-state index contributed by atoms with van der Waals surface area (Å²) in [4.78, 5) is 33.1. The van der Waals surface area contributed by atoms with Crippen LogP contribution in [0, 0.1) is 24.6 Å². The van der Waals surface area contributed by atoms with Crippen molar-refractivity contribution in [2.24, 2.45) is 18.9 Å². The number of fused-ring (bicyclic) bond motifs is 1. The van der Waals surface area contributed by atoms with Gasteiger partial charge in [0.05, 0.1) is 18.1 Å². The minimum atomic E-state index is -0.309. The van der Waals surface area contributed by atoms with Gasteiger partial charge in [-0.1, -0.05) is 12.1 Å². The SMILES string of the molecule is CC(=O)N1C[C@H]2CN(C(=O)c3c(C)ncn3C)C[C@H]2[C@@H]1c1cccc(F)c1. The van der Waals surface area contributed by atoms with Crippen LogP contribution in [0.2, 0.25) is 0 Å². The number of benzene rings is 1. The van der Waals surface area contributed by atoms with Gasteiger partial charge in [0.15, 0.2) is 0 Å². The highest BCUT2D eigenvalue weighted by Gasteiger charge is 2.49. The van der Waals surface area contributed by atoms with Crippen LogP contribution < -0.4 is 0 Å². The van der Waals surface area contributed by atoms with Crippen molar-refractivity contribution in [2.75, 3.05) is 19.6 Å². The first-order valence-electron chi connectivity index (χ1n) is 9.16. The number of rotatable bonds is 2. The molecular weight excluding hydrogens is 347 g/mol. The van der Waals surface area contributed by atoms with Gasteiger partial charge in [-0.25, -0.2) is 9.37 Å². The molecule has 0 radical (unpaired) electrons. The first-order chi connectivity index (χ1) is 12.9. The van der Waals surface area contributed by atoms with Crippen LogP contribution in [0.4, 0.5) is 4.39 Å². The maximum atomic E-state index is 13.8. The fourth-order valence-corrected chi connectivity index (χ4v) is 4.66. The molecule has 3 atom stereocenters. The molecule has 0 N–H and O–H groups in total. The molecule has 0 unspecified atom stereocenters. The van der Waals surface area contributed by atoms with Gasteiger partial charge in [-0.3, -0.25) is 9.59 Å². The second-order valence-electron chi connectivity index (χ2n) is 7.59. The lowest BCUT2D eigenvalue weighted by atomic mass is 9.89. The van der Waals surface area contributed by atoms with Crippen molar-refractivity contribution in [3.8, 4) is 0 Å². The quantitative estimate of drug-likeness (QED) is 0.814. The second-order valence-corrected chi connectivity index (χ2v) is 7.59. The zero-order chi connectivity index (χ0) is 19.3. The van der Waals surface area contributed by atoms with Crippen molar-refractivity contribution < 1.29 is 14.0 Å². The van der Waals surface area contributed by atoms with Gasteiger partial charge < -0.3 is 14.4 Å². The number of hydrogen-bond donors (Lipinski definition) is 0. The summed E-state index contributed by atoms with van der Waals surface area (Å²) in [5.74, 6) is -0.0583. The smallest absolute Gasteiger partial charge is 0.272 e. The van der Waals surface area contributed by atoms with Crippen LogP contribution in [0.5, 0.6) is 0 Å². The number of aromatic nitrogens is 2. The Balaban J connectivity index is 1.62. The number of amides is 2. The summed E-state index contributed by atoms with van der Waals surface area (Å²) in [7, 11) is 1.82. The molecule has 7 heteroatoms. The van der Waals surface area contributed by atoms with Gasteiger partial charge >= 0.3 is 0 Å². The van der Waals surface area contributed by atoms with Gasteiger partial charge in [-0.2, -0.15) is 0 Å². The monoisotopic (exact) mass is 370 g/mol. The third kappa shape index (κ3) is 2.91. The van der Waals surface area contributed by atoms with Crippen LogP contribution in [0.1, 0.15) is 34.7 Å². The number of imidazole rings is 1. The topological polar surface area (TPSA) is 58.4 Å². The maximum Gasteiger partial charge on any atom is 0.272 e. The lowest BCUT2D eigenvalue weighted by Gasteiger charge is -2.29. The molecule has 4 rings (SSSR count). The molecular formula is C20H23FN4O2. The van der Waals surface area contributed by atoms with Crippen LogP contribution in [-0.2, 0) is 11.8 Å². The van der Waals surface area contributed by atoms with Crippen molar-refractivity contribution in [1.82, 2.24) is 19.4 Å². The van der Waals surface area contributed by atoms with E-state index in [-0.39, 0.29) is 35.5 Å². The van der Waals surface area contributed by atoms with Crippen LogP contribution in [0.15, 0.2) is 30.6 Å². The van der Waals surface area contributed by atoms with Crippen LogP contribution in [0.3, 0.4) is 0 Å². The number of hydrogen-bond acceptors (Lipinski definition) is 3. The number of likely N-dealkylation sites (tertiary alicyclic amines) is 2. The third-order valence-electron chi connectivity index (χ3n) is 5.87. The van der Waals surface area contributed by atoms with Gasteiger partial charge in [-0.15, -0.1) is 0 Å². The summed E-state index contributed by atoms with van der Waals surface area (Å²) in [5, 5.41) is 0. The van der Waals surface area contributed by atoms with E-state index in [0.29, 0.717) is 31.0 Å². The predicted molar refractivity (Wildman–Crippen MR) is 97.4 cm³/mol. The highest BCUT2D eigenvalue weighted by Crippen LogP contribution is 2.45.